The molecule has 0 amide bonds. The van der Waals surface area contributed by atoms with Crippen molar-refractivity contribution in [3.05, 3.63) is 34.1 Å². The molecule has 0 saturated heterocycles. The van der Waals surface area contributed by atoms with Gasteiger partial charge in [0.25, 0.3) is 0 Å². The zero-order valence-electron chi connectivity index (χ0n) is 9.38. The summed E-state index contributed by atoms with van der Waals surface area (Å²) in [5.74, 6) is 1.45. The van der Waals surface area contributed by atoms with Crippen LogP contribution in [-0.2, 0) is 6.42 Å². The molecule has 0 bridgehead atoms. The first-order valence-corrected chi connectivity index (χ1v) is 6.15. The molecule has 0 fully saturated rings. The fraction of sp³-hybridized carbons (Fsp3) is 0.455. The summed E-state index contributed by atoms with van der Waals surface area (Å²) in [6.45, 7) is 3.93. The van der Waals surface area contributed by atoms with E-state index in [-0.39, 0.29) is 12.0 Å². The van der Waals surface area contributed by atoms with Gasteiger partial charge >= 0.3 is 0 Å². The first-order chi connectivity index (χ1) is 7.66. The van der Waals surface area contributed by atoms with Crippen LogP contribution in [0.2, 0.25) is 0 Å². The third-order valence-corrected chi connectivity index (χ3v) is 3.45. The van der Waals surface area contributed by atoms with Crippen molar-refractivity contribution in [2.45, 2.75) is 32.2 Å². The summed E-state index contributed by atoms with van der Waals surface area (Å²) >= 11 is 1.70. The lowest BCUT2D eigenvalue weighted by Crippen LogP contribution is -2.22. The predicted octanol–water partition coefficient (Wildman–Crippen LogP) is 2.17. The van der Waals surface area contributed by atoms with E-state index < -0.39 is 0 Å². The Balaban J connectivity index is 2.08. The van der Waals surface area contributed by atoms with Crippen molar-refractivity contribution in [3.8, 4) is 0 Å². The maximum Gasteiger partial charge on any atom is 0.231 e. The van der Waals surface area contributed by atoms with Crippen LogP contribution in [0.4, 0.5) is 0 Å². The fourth-order valence-corrected chi connectivity index (χ4v) is 2.02. The highest BCUT2D eigenvalue weighted by Gasteiger charge is 2.17. The van der Waals surface area contributed by atoms with Crippen molar-refractivity contribution >= 4 is 11.3 Å². The van der Waals surface area contributed by atoms with E-state index in [1.54, 1.807) is 11.3 Å². The summed E-state index contributed by atoms with van der Waals surface area (Å²) in [4.78, 5) is 5.59. The molecule has 2 N–H and O–H groups in total. The average Bonchev–Trinajstić information content (AvgIpc) is 2.88. The van der Waals surface area contributed by atoms with Gasteiger partial charge in [-0.3, -0.25) is 0 Å². The van der Waals surface area contributed by atoms with Crippen molar-refractivity contribution in [2.75, 3.05) is 0 Å². The van der Waals surface area contributed by atoms with Crippen LogP contribution >= 0.6 is 11.3 Å². The first-order valence-electron chi connectivity index (χ1n) is 5.27. The minimum atomic E-state index is 0.0232. The van der Waals surface area contributed by atoms with Crippen molar-refractivity contribution in [1.29, 1.82) is 0 Å². The number of rotatable bonds is 4. The number of aromatic nitrogens is 2. The molecule has 0 saturated carbocycles. The maximum atomic E-state index is 5.79. The van der Waals surface area contributed by atoms with Crippen LogP contribution in [0.15, 0.2) is 22.0 Å². The number of hydrogen-bond acceptors (Lipinski definition) is 5. The minimum Gasteiger partial charge on any atom is -0.339 e. The lowest BCUT2D eigenvalue weighted by Gasteiger charge is -2.09. The molecule has 2 aromatic rings. The van der Waals surface area contributed by atoms with Gasteiger partial charge in [-0.25, -0.2) is 0 Å². The molecule has 0 aliphatic rings. The van der Waals surface area contributed by atoms with Gasteiger partial charge in [0.15, 0.2) is 5.82 Å². The van der Waals surface area contributed by atoms with Crippen LogP contribution < -0.4 is 5.73 Å². The second kappa shape index (κ2) is 4.76. The van der Waals surface area contributed by atoms with Crippen molar-refractivity contribution in [1.82, 2.24) is 10.1 Å². The Hall–Kier alpha value is -1.20. The lowest BCUT2D eigenvalue weighted by atomic mass is 10.1. The average molecular weight is 237 g/mol. The molecule has 0 radical (unpaired) electrons. The highest BCUT2D eigenvalue weighted by Crippen LogP contribution is 2.18. The van der Waals surface area contributed by atoms with Crippen LogP contribution in [0.25, 0.3) is 0 Å². The second-order valence-corrected chi connectivity index (χ2v) is 4.99. The monoisotopic (exact) mass is 237 g/mol. The summed E-state index contributed by atoms with van der Waals surface area (Å²) in [5, 5.41) is 6.00. The van der Waals surface area contributed by atoms with E-state index in [1.165, 1.54) is 4.88 Å². The predicted molar refractivity (Wildman–Crippen MR) is 63.5 cm³/mol. The summed E-state index contributed by atoms with van der Waals surface area (Å²) in [6, 6.07) is 4.11. The Labute approximate surface area is 98.5 Å². The van der Waals surface area contributed by atoms with Crippen molar-refractivity contribution < 1.29 is 4.52 Å². The Morgan fingerprint density at radius 3 is 2.94 bits per heavy atom. The molecule has 4 nitrogen and oxygen atoms in total. The SMILES string of the molecule is CC(N)C(C)c1nc(Cc2cccs2)no1. The summed E-state index contributed by atoms with van der Waals surface area (Å²) < 4.78 is 5.20. The van der Waals surface area contributed by atoms with Gasteiger partial charge in [0.1, 0.15) is 0 Å². The van der Waals surface area contributed by atoms with Gasteiger partial charge in [-0.15, -0.1) is 11.3 Å². The largest absolute Gasteiger partial charge is 0.339 e. The Morgan fingerprint density at radius 2 is 2.31 bits per heavy atom. The van der Waals surface area contributed by atoms with E-state index in [1.807, 2.05) is 25.3 Å². The molecular weight excluding hydrogens is 222 g/mol. The third kappa shape index (κ3) is 2.48. The molecular formula is C11H15N3OS. The van der Waals surface area contributed by atoms with Gasteiger partial charge in [-0.05, 0) is 18.4 Å². The molecule has 0 spiro atoms. The van der Waals surface area contributed by atoms with Crippen LogP contribution in [0.3, 0.4) is 0 Å². The lowest BCUT2D eigenvalue weighted by molar-refractivity contribution is 0.343. The molecule has 16 heavy (non-hydrogen) atoms. The number of thiophene rings is 1. The summed E-state index contributed by atoms with van der Waals surface area (Å²) in [6.07, 6.45) is 0.729. The van der Waals surface area contributed by atoms with Crippen molar-refractivity contribution in [3.63, 3.8) is 0 Å². The van der Waals surface area contributed by atoms with Gasteiger partial charge in [0.05, 0.1) is 5.92 Å². The number of nitrogens with two attached hydrogens (primary N) is 1. The van der Waals surface area contributed by atoms with E-state index in [4.69, 9.17) is 10.3 Å². The Kier molecular flexibility index (Phi) is 3.36. The number of hydrogen-bond donors (Lipinski definition) is 1. The van der Waals surface area contributed by atoms with Crippen LogP contribution in [0, 0.1) is 0 Å². The van der Waals surface area contributed by atoms with Gasteiger partial charge < -0.3 is 10.3 Å². The molecule has 2 aromatic heterocycles. The second-order valence-electron chi connectivity index (χ2n) is 3.95. The normalized spacial score (nSPS) is 14.9. The zero-order chi connectivity index (χ0) is 11.5. The van der Waals surface area contributed by atoms with Crippen LogP contribution in [0.5, 0.6) is 0 Å². The minimum absolute atomic E-state index is 0.0232. The van der Waals surface area contributed by atoms with E-state index in [0.29, 0.717) is 5.89 Å². The molecule has 2 heterocycles. The molecule has 2 unspecified atom stereocenters. The Bertz CT molecular complexity index is 436. The highest BCUT2D eigenvalue weighted by atomic mass is 32.1. The topological polar surface area (TPSA) is 64.9 Å². The van der Waals surface area contributed by atoms with E-state index in [9.17, 15) is 0 Å². The fourth-order valence-electron chi connectivity index (χ4n) is 1.32. The molecule has 0 aliphatic carbocycles. The van der Waals surface area contributed by atoms with Gasteiger partial charge in [-0.2, -0.15) is 4.98 Å². The van der Waals surface area contributed by atoms with Gasteiger partial charge in [-0.1, -0.05) is 18.1 Å². The zero-order valence-corrected chi connectivity index (χ0v) is 10.2. The van der Waals surface area contributed by atoms with Gasteiger partial charge in [0, 0.05) is 17.3 Å². The van der Waals surface area contributed by atoms with E-state index in [0.717, 1.165) is 12.2 Å². The molecule has 5 heteroatoms. The first kappa shape index (κ1) is 11.3. The quantitative estimate of drug-likeness (QED) is 0.885. The third-order valence-electron chi connectivity index (χ3n) is 2.57. The highest BCUT2D eigenvalue weighted by molar-refractivity contribution is 7.09. The van der Waals surface area contributed by atoms with E-state index in [2.05, 4.69) is 16.2 Å². The maximum absolute atomic E-state index is 5.79. The van der Waals surface area contributed by atoms with Crippen LogP contribution in [0.1, 0.15) is 36.4 Å². The van der Waals surface area contributed by atoms with Gasteiger partial charge in [0.2, 0.25) is 5.89 Å². The smallest absolute Gasteiger partial charge is 0.231 e. The summed E-state index contributed by atoms with van der Waals surface area (Å²) in [7, 11) is 0. The molecule has 86 valence electrons. The standard InChI is InChI=1S/C11H15N3OS/c1-7(8(2)12)11-13-10(14-15-11)6-9-4-3-5-16-9/h3-5,7-8H,6,12H2,1-2H3. The molecule has 2 rings (SSSR count). The molecule has 0 aliphatic heterocycles. The number of nitrogens with zero attached hydrogens (tertiary/aromatic N) is 2. The van der Waals surface area contributed by atoms with E-state index >= 15 is 0 Å². The summed E-state index contributed by atoms with van der Waals surface area (Å²) in [5.41, 5.74) is 5.79. The molecule has 2 atom stereocenters. The Morgan fingerprint density at radius 1 is 1.50 bits per heavy atom. The molecule has 0 aromatic carbocycles. The van der Waals surface area contributed by atoms with Crippen molar-refractivity contribution in [2.24, 2.45) is 5.73 Å². The van der Waals surface area contributed by atoms with Crippen LogP contribution in [-0.4, -0.2) is 16.2 Å².